The largest absolute Gasteiger partial charge is 0.497 e. The smallest absolute Gasteiger partial charge is 0.358 e. The summed E-state index contributed by atoms with van der Waals surface area (Å²) in [6, 6.07) is 7.93. The van der Waals surface area contributed by atoms with E-state index in [1.165, 1.54) is 7.11 Å². The molecular weight excluding hydrogens is 282 g/mol. The van der Waals surface area contributed by atoms with Crippen molar-refractivity contribution in [1.29, 1.82) is 0 Å². The molecule has 116 valence electrons. The molecule has 0 saturated carbocycles. The second-order valence-corrected chi connectivity index (χ2v) is 5.26. The third-order valence-corrected chi connectivity index (χ3v) is 4.06. The van der Waals surface area contributed by atoms with Gasteiger partial charge in [-0.3, -0.25) is 4.68 Å². The van der Waals surface area contributed by atoms with Crippen molar-refractivity contribution in [2.75, 3.05) is 25.7 Å². The minimum Gasteiger partial charge on any atom is -0.497 e. The summed E-state index contributed by atoms with van der Waals surface area (Å²) < 4.78 is 11.8. The molecule has 3 rings (SSSR count). The summed E-state index contributed by atoms with van der Waals surface area (Å²) in [5.41, 5.74) is 3.57. The van der Waals surface area contributed by atoms with Crippen LogP contribution in [0.2, 0.25) is 0 Å². The number of aromatic nitrogens is 2. The van der Waals surface area contributed by atoms with Crippen LogP contribution in [-0.4, -0.2) is 36.5 Å². The fraction of sp³-hybridized carbons (Fsp3) is 0.375. The number of carbonyl (C=O) groups is 1. The number of hydrogen-bond donors (Lipinski definition) is 0. The molecule has 0 saturated heterocycles. The van der Waals surface area contributed by atoms with E-state index >= 15 is 0 Å². The van der Waals surface area contributed by atoms with Crippen molar-refractivity contribution in [3.8, 4) is 5.75 Å². The maximum atomic E-state index is 11.9. The highest BCUT2D eigenvalue weighted by Gasteiger charge is 2.27. The van der Waals surface area contributed by atoms with Crippen LogP contribution in [0.25, 0.3) is 0 Å². The Morgan fingerprint density at radius 2 is 1.95 bits per heavy atom. The lowest BCUT2D eigenvalue weighted by atomic mass is 10.0. The molecule has 0 N–H and O–H groups in total. The van der Waals surface area contributed by atoms with Gasteiger partial charge in [0.25, 0.3) is 0 Å². The zero-order valence-corrected chi connectivity index (χ0v) is 13.0. The molecule has 0 spiro atoms. The fourth-order valence-corrected chi connectivity index (χ4v) is 2.87. The summed E-state index contributed by atoms with van der Waals surface area (Å²) >= 11 is 0. The van der Waals surface area contributed by atoms with Crippen molar-refractivity contribution in [2.45, 2.75) is 13.0 Å². The van der Waals surface area contributed by atoms with E-state index < -0.39 is 0 Å². The normalized spacial score (nSPS) is 13.7. The van der Waals surface area contributed by atoms with Crippen molar-refractivity contribution in [1.82, 2.24) is 9.78 Å². The lowest BCUT2D eigenvalue weighted by molar-refractivity contribution is 0.0592. The third kappa shape index (κ3) is 2.41. The number of aryl methyl sites for hydroxylation is 1. The first kappa shape index (κ1) is 14.4. The molecule has 1 aromatic heterocycles. The molecule has 0 fully saturated rings. The number of methoxy groups -OCH3 is 2. The summed E-state index contributed by atoms with van der Waals surface area (Å²) in [5.74, 6) is 0.450. The van der Waals surface area contributed by atoms with Gasteiger partial charge in [0.1, 0.15) is 5.75 Å². The Balaban J connectivity index is 1.90. The van der Waals surface area contributed by atoms with Crippen LogP contribution in [0.5, 0.6) is 5.75 Å². The number of anilines is 1. The van der Waals surface area contributed by atoms with Crippen molar-refractivity contribution >= 4 is 11.7 Å². The Kier molecular flexibility index (Phi) is 3.75. The van der Waals surface area contributed by atoms with E-state index in [2.05, 4.69) is 10.00 Å². The maximum Gasteiger partial charge on any atom is 0.358 e. The van der Waals surface area contributed by atoms with Gasteiger partial charge in [-0.2, -0.15) is 5.10 Å². The van der Waals surface area contributed by atoms with Crippen LogP contribution in [0.3, 0.4) is 0 Å². The van der Waals surface area contributed by atoms with Gasteiger partial charge in [0.05, 0.1) is 14.2 Å². The van der Waals surface area contributed by atoms with Crippen LogP contribution in [0.1, 0.15) is 21.7 Å². The van der Waals surface area contributed by atoms with Crippen LogP contribution < -0.4 is 9.64 Å². The zero-order valence-electron chi connectivity index (χ0n) is 13.0. The zero-order chi connectivity index (χ0) is 15.7. The van der Waals surface area contributed by atoms with Gasteiger partial charge >= 0.3 is 5.97 Å². The van der Waals surface area contributed by atoms with Gasteiger partial charge in [0.15, 0.2) is 5.69 Å². The molecule has 2 heterocycles. The molecule has 0 bridgehead atoms. The SMILES string of the molecule is COC(=O)c1nn(C)c2c1CN(c1ccc(OC)cc1)CC2. The Morgan fingerprint density at radius 3 is 2.59 bits per heavy atom. The predicted octanol–water partition coefficient (Wildman–Crippen LogP) is 1.78. The Labute approximate surface area is 129 Å². The van der Waals surface area contributed by atoms with E-state index in [9.17, 15) is 4.79 Å². The number of fused-ring (bicyclic) bond motifs is 1. The van der Waals surface area contributed by atoms with Crippen LogP contribution in [-0.2, 0) is 24.8 Å². The van der Waals surface area contributed by atoms with Crippen LogP contribution >= 0.6 is 0 Å². The number of benzene rings is 1. The van der Waals surface area contributed by atoms with E-state index in [1.807, 2.05) is 31.3 Å². The van der Waals surface area contributed by atoms with Gasteiger partial charge < -0.3 is 14.4 Å². The number of carbonyl (C=O) groups excluding carboxylic acids is 1. The summed E-state index contributed by atoms with van der Waals surface area (Å²) in [6.45, 7) is 1.54. The molecule has 22 heavy (non-hydrogen) atoms. The van der Waals surface area contributed by atoms with E-state index in [0.29, 0.717) is 12.2 Å². The molecule has 0 radical (unpaired) electrons. The monoisotopic (exact) mass is 301 g/mol. The van der Waals surface area contributed by atoms with E-state index in [4.69, 9.17) is 9.47 Å². The second-order valence-electron chi connectivity index (χ2n) is 5.26. The molecular formula is C16H19N3O3. The third-order valence-electron chi connectivity index (χ3n) is 4.06. The number of hydrogen-bond acceptors (Lipinski definition) is 5. The summed E-state index contributed by atoms with van der Waals surface area (Å²) in [6.07, 6.45) is 0.849. The average Bonchev–Trinajstić information content (AvgIpc) is 2.90. The minimum atomic E-state index is -0.381. The van der Waals surface area contributed by atoms with Gasteiger partial charge in [0, 0.05) is 43.5 Å². The lowest BCUT2D eigenvalue weighted by Crippen LogP contribution is -2.31. The first-order valence-electron chi connectivity index (χ1n) is 7.16. The summed E-state index contributed by atoms with van der Waals surface area (Å²) in [4.78, 5) is 14.1. The highest BCUT2D eigenvalue weighted by atomic mass is 16.5. The fourth-order valence-electron chi connectivity index (χ4n) is 2.87. The standard InChI is InChI=1S/C16H19N3O3/c1-18-14-8-9-19(11-4-6-12(21-2)7-5-11)10-13(14)15(17-18)16(20)22-3/h4-7H,8-10H2,1-3H3. The lowest BCUT2D eigenvalue weighted by Gasteiger charge is -2.29. The molecule has 1 aliphatic heterocycles. The molecule has 0 aliphatic carbocycles. The van der Waals surface area contributed by atoms with Crippen LogP contribution in [0.4, 0.5) is 5.69 Å². The number of ether oxygens (including phenoxy) is 2. The number of nitrogens with zero attached hydrogens (tertiary/aromatic N) is 3. The van der Waals surface area contributed by atoms with Gasteiger partial charge in [-0.05, 0) is 24.3 Å². The van der Waals surface area contributed by atoms with Gasteiger partial charge in [-0.25, -0.2) is 4.79 Å². The molecule has 2 aromatic rings. The predicted molar refractivity (Wildman–Crippen MR) is 82.3 cm³/mol. The van der Waals surface area contributed by atoms with Gasteiger partial charge in [-0.15, -0.1) is 0 Å². The molecule has 6 nitrogen and oxygen atoms in total. The van der Waals surface area contributed by atoms with E-state index in [1.54, 1.807) is 11.8 Å². The Hall–Kier alpha value is -2.50. The van der Waals surface area contributed by atoms with E-state index in [-0.39, 0.29) is 5.97 Å². The van der Waals surface area contributed by atoms with Crippen molar-refractivity contribution in [2.24, 2.45) is 7.05 Å². The molecule has 0 unspecified atom stereocenters. The Bertz CT molecular complexity index is 691. The van der Waals surface area contributed by atoms with Gasteiger partial charge in [0.2, 0.25) is 0 Å². The van der Waals surface area contributed by atoms with E-state index in [0.717, 1.165) is 35.7 Å². The topological polar surface area (TPSA) is 56.6 Å². The van der Waals surface area contributed by atoms with Crippen LogP contribution in [0.15, 0.2) is 24.3 Å². The van der Waals surface area contributed by atoms with Crippen molar-refractivity contribution < 1.29 is 14.3 Å². The molecule has 0 amide bonds. The molecule has 0 atom stereocenters. The first-order chi connectivity index (χ1) is 10.6. The number of rotatable bonds is 3. The maximum absolute atomic E-state index is 11.9. The average molecular weight is 301 g/mol. The van der Waals surface area contributed by atoms with Gasteiger partial charge in [-0.1, -0.05) is 0 Å². The highest BCUT2D eigenvalue weighted by Crippen LogP contribution is 2.28. The molecule has 1 aromatic carbocycles. The van der Waals surface area contributed by atoms with Crippen molar-refractivity contribution in [3.63, 3.8) is 0 Å². The number of esters is 1. The summed E-state index contributed by atoms with van der Waals surface area (Å²) in [5, 5.41) is 4.31. The molecule has 1 aliphatic rings. The summed E-state index contributed by atoms with van der Waals surface area (Å²) in [7, 11) is 4.91. The van der Waals surface area contributed by atoms with Crippen molar-refractivity contribution in [3.05, 3.63) is 41.2 Å². The highest BCUT2D eigenvalue weighted by molar-refractivity contribution is 5.89. The second kappa shape index (κ2) is 5.71. The quantitative estimate of drug-likeness (QED) is 0.809. The first-order valence-corrected chi connectivity index (χ1v) is 7.16. The van der Waals surface area contributed by atoms with Crippen LogP contribution in [0, 0.1) is 0 Å². The Morgan fingerprint density at radius 1 is 1.23 bits per heavy atom. The minimum absolute atomic E-state index is 0.381. The molecule has 6 heteroatoms.